The third-order valence-corrected chi connectivity index (χ3v) is 5.25. The van der Waals surface area contributed by atoms with Crippen LogP contribution >= 0.6 is 11.6 Å². The summed E-state index contributed by atoms with van der Waals surface area (Å²) in [6, 6.07) is 25.5. The molecular formula is C23H19BClFN2. The molecule has 3 aromatic carbocycles. The Hall–Kier alpha value is -2.85. The lowest BCUT2D eigenvalue weighted by atomic mass is 9.65. The molecule has 2 nitrogen and oxygen atoms in total. The van der Waals surface area contributed by atoms with Crippen LogP contribution in [0.2, 0.25) is 11.3 Å². The van der Waals surface area contributed by atoms with Crippen molar-refractivity contribution >= 4 is 24.6 Å². The molecule has 28 heavy (non-hydrogen) atoms. The monoisotopic (exact) mass is 388 g/mol. The Balaban J connectivity index is 1.62. The number of benzene rings is 3. The summed E-state index contributed by atoms with van der Waals surface area (Å²) in [7, 11) is 0.773. The van der Waals surface area contributed by atoms with Gasteiger partial charge in [-0.15, -0.1) is 0 Å². The summed E-state index contributed by atoms with van der Waals surface area (Å²) >= 11 is 6.26. The van der Waals surface area contributed by atoms with Crippen molar-refractivity contribution in [2.75, 3.05) is 0 Å². The van der Waals surface area contributed by atoms with Gasteiger partial charge in [-0.1, -0.05) is 78.6 Å². The maximum Gasteiger partial charge on any atom is 0.206 e. The van der Waals surface area contributed by atoms with Crippen LogP contribution in [-0.2, 0) is 0 Å². The van der Waals surface area contributed by atoms with Crippen molar-refractivity contribution in [2.24, 2.45) is 0 Å². The molecule has 0 atom stereocenters. The third kappa shape index (κ3) is 4.02. The molecule has 0 spiro atoms. The van der Waals surface area contributed by atoms with E-state index in [1.807, 2.05) is 22.9 Å². The molecule has 0 N–H and O–H groups in total. The molecule has 0 aliphatic heterocycles. The minimum atomic E-state index is -0.344. The standard InChI is InChI=1S/C23H19BClFN2/c25-21-15-19(26)11-12-22(21)28-14-13-27-23(28)24-16-20(17-7-3-1-4-8-17)18-9-5-2-6-10-18/h1-15,20,24H,16H2. The summed E-state index contributed by atoms with van der Waals surface area (Å²) in [6.45, 7) is 0. The number of nitrogens with zero attached hydrogens (tertiary/aromatic N) is 2. The minimum absolute atomic E-state index is 0.274. The Morgan fingerprint density at radius 2 is 1.57 bits per heavy atom. The van der Waals surface area contributed by atoms with E-state index < -0.39 is 0 Å². The highest BCUT2D eigenvalue weighted by Crippen LogP contribution is 2.28. The van der Waals surface area contributed by atoms with Crippen LogP contribution in [0.25, 0.3) is 5.69 Å². The summed E-state index contributed by atoms with van der Waals surface area (Å²) in [4.78, 5) is 4.53. The van der Waals surface area contributed by atoms with Gasteiger partial charge in [0.25, 0.3) is 0 Å². The van der Waals surface area contributed by atoms with Gasteiger partial charge in [-0.25, -0.2) is 4.39 Å². The zero-order valence-electron chi connectivity index (χ0n) is 15.3. The van der Waals surface area contributed by atoms with E-state index in [9.17, 15) is 4.39 Å². The second-order valence-electron chi connectivity index (χ2n) is 6.72. The van der Waals surface area contributed by atoms with Crippen LogP contribution in [0.1, 0.15) is 17.0 Å². The Bertz CT molecular complexity index is 1010. The van der Waals surface area contributed by atoms with Crippen LogP contribution in [0.3, 0.4) is 0 Å². The van der Waals surface area contributed by atoms with Crippen LogP contribution in [-0.4, -0.2) is 16.8 Å². The Morgan fingerprint density at radius 1 is 0.929 bits per heavy atom. The molecule has 0 saturated carbocycles. The highest BCUT2D eigenvalue weighted by atomic mass is 35.5. The Morgan fingerprint density at radius 3 is 2.18 bits per heavy atom. The zero-order chi connectivity index (χ0) is 19.3. The van der Waals surface area contributed by atoms with E-state index in [0.717, 1.165) is 25.0 Å². The van der Waals surface area contributed by atoms with Crippen molar-refractivity contribution in [1.29, 1.82) is 0 Å². The molecule has 1 heterocycles. The first-order chi connectivity index (χ1) is 13.7. The fourth-order valence-electron chi connectivity index (χ4n) is 3.59. The SMILES string of the molecule is Fc1ccc(-n2ccnc2BCC(c2ccccc2)c2ccccc2)c(Cl)c1. The van der Waals surface area contributed by atoms with Gasteiger partial charge >= 0.3 is 0 Å². The lowest BCUT2D eigenvalue weighted by molar-refractivity contribution is 0.627. The van der Waals surface area contributed by atoms with Crippen LogP contribution in [0, 0.1) is 5.82 Å². The fraction of sp³-hybridized carbons (Fsp3) is 0.0870. The minimum Gasteiger partial charge on any atom is -0.311 e. The maximum absolute atomic E-state index is 13.4. The van der Waals surface area contributed by atoms with Crippen LogP contribution < -0.4 is 5.72 Å². The number of aromatic nitrogens is 2. The third-order valence-electron chi connectivity index (χ3n) is 4.95. The Labute approximate surface area is 169 Å². The molecule has 0 radical (unpaired) electrons. The van der Waals surface area contributed by atoms with Crippen LogP contribution in [0.15, 0.2) is 91.3 Å². The molecule has 0 fully saturated rings. The van der Waals surface area contributed by atoms with Crippen molar-refractivity contribution < 1.29 is 4.39 Å². The van der Waals surface area contributed by atoms with Crippen LogP contribution in [0.4, 0.5) is 4.39 Å². The smallest absolute Gasteiger partial charge is 0.206 e. The van der Waals surface area contributed by atoms with Crippen molar-refractivity contribution in [3.8, 4) is 5.69 Å². The second-order valence-corrected chi connectivity index (χ2v) is 7.13. The number of hydrogen-bond acceptors (Lipinski definition) is 1. The Kier molecular flexibility index (Phi) is 5.59. The second kappa shape index (κ2) is 8.45. The molecule has 138 valence electrons. The lowest BCUT2D eigenvalue weighted by Crippen LogP contribution is -2.27. The first-order valence-electron chi connectivity index (χ1n) is 9.30. The quantitative estimate of drug-likeness (QED) is 0.426. The van der Waals surface area contributed by atoms with Gasteiger partial charge in [0.15, 0.2) is 0 Å². The van der Waals surface area contributed by atoms with Gasteiger partial charge in [-0.3, -0.25) is 4.98 Å². The summed E-state index contributed by atoms with van der Waals surface area (Å²) < 4.78 is 15.3. The van der Waals surface area contributed by atoms with E-state index in [-0.39, 0.29) is 11.7 Å². The lowest BCUT2D eigenvalue weighted by Gasteiger charge is -2.18. The maximum atomic E-state index is 13.4. The van der Waals surface area contributed by atoms with E-state index in [2.05, 4.69) is 53.5 Å². The molecule has 4 aromatic rings. The van der Waals surface area contributed by atoms with Crippen molar-refractivity contribution in [2.45, 2.75) is 12.2 Å². The van der Waals surface area contributed by atoms with Gasteiger partial charge in [0.2, 0.25) is 7.28 Å². The first kappa shape index (κ1) is 18.5. The summed E-state index contributed by atoms with van der Waals surface area (Å²) in [5, 5.41) is 0.377. The molecular weight excluding hydrogens is 370 g/mol. The molecule has 0 saturated heterocycles. The van der Waals surface area contributed by atoms with E-state index in [0.29, 0.717) is 5.02 Å². The van der Waals surface area contributed by atoms with Crippen molar-refractivity contribution in [3.63, 3.8) is 0 Å². The topological polar surface area (TPSA) is 17.8 Å². The number of imidazole rings is 1. The highest BCUT2D eigenvalue weighted by Gasteiger charge is 2.17. The molecule has 0 unspecified atom stereocenters. The summed E-state index contributed by atoms with van der Waals surface area (Å²) in [6.07, 6.45) is 4.54. The predicted molar refractivity (Wildman–Crippen MR) is 115 cm³/mol. The molecule has 0 aliphatic carbocycles. The van der Waals surface area contributed by atoms with E-state index in [4.69, 9.17) is 11.6 Å². The van der Waals surface area contributed by atoms with E-state index in [1.165, 1.54) is 23.3 Å². The molecule has 0 bridgehead atoms. The molecule has 5 heteroatoms. The average molecular weight is 389 g/mol. The van der Waals surface area contributed by atoms with Gasteiger partial charge < -0.3 is 4.57 Å². The number of rotatable bonds is 6. The van der Waals surface area contributed by atoms with Gasteiger partial charge in [0, 0.05) is 18.3 Å². The first-order valence-corrected chi connectivity index (χ1v) is 9.68. The number of hydrogen-bond donors (Lipinski definition) is 0. The fourth-order valence-corrected chi connectivity index (χ4v) is 3.84. The van der Waals surface area contributed by atoms with Gasteiger partial charge in [-0.2, -0.15) is 0 Å². The average Bonchev–Trinajstić information content (AvgIpc) is 3.18. The van der Waals surface area contributed by atoms with Crippen molar-refractivity contribution in [1.82, 2.24) is 9.55 Å². The predicted octanol–water partition coefficient (Wildman–Crippen LogP) is 4.98. The highest BCUT2D eigenvalue weighted by molar-refractivity contribution is 6.51. The molecule has 0 amide bonds. The zero-order valence-corrected chi connectivity index (χ0v) is 16.1. The molecule has 4 rings (SSSR count). The van der Waals surface area contributed by atoms with Crippen LogP contribution in [0.5, 0.6) is 0 Å². The number of halogens is 2. The summed E-state index contributed by atoms with van der Waals surface area (Å²) in [5.41, 5.74) is 4.22. The van der Waals surface area contributed by atoms with Crippen molar-refractivity contribution in [3.05, 3.63) is 113 Å². The van der Waals surface area contributed by atoms with Gasteiger partial charge in [0.05, 0.1) is 16.4 Å². The summed E-state index contributed by atoms with van der Waals surface area (Å²) in [5.74, 6) is -0.0696. The van der Waals surface area contributed by atoms with E-state index >= 15 is 0 Å². The van der Waals surface area contributed by atoms with Gasteiger partial charge in [-0.05, 0) is 29.3 Å². The normalized spacial score (nSPS) is 11.0. The van der Waals surface area contributed by atoms with E-state index in [1.54, 1.807) is 12.3 Å². The molecule has 0 aliphatic rings. The molecule has 1 aromatic heterocycles. The van der Waals surface area contributed by atoms with Gasteiger partial charge in [0.1, 0.15) is 5.82 Å². The largest absolute Gasteiger partial charge is 0.311 e.